The van der Waals surface area contributed by atoms with Crippen molar-refractivity contribution in [2.24, 2.45) is 5.73 Å². The lowest BCUT2D eigenvalue weighted by Gasteiger charge is -2.15. The Bertz CT molecular complexity index is 632. The van der Waals surface area contributed by atoms with Crippen molar-refractivity contribution in [1.82, 2.24) is 4.90 Å². The van der Waals surface area contributed by atoms with Gasteiger partial charge < -0.3 is 10.6 Å². The molecule has 2 rings (SSSR count). The monoisotopic (exact) mass is 288 g/mol. The molecule has 0 atom stereocenters. The number of likely N-dealkylation sites (N-methyl/N-ethyl adjacent to an activating group) is 1. The summed E-state index contributed by atoms with van der Waals surface area (Å²) in [5, 5.41) is 1.88. The molecule has 1 heterocycles. The van der Waals surface area contributed by atoms with E-state index in [0.29, 0.717) is 4.88 Å². The number of carbonyl (C=O) groups is 2. The molecule has 0 unspecified atom stereocenters. The molecule has 20 heavy (non-hydrogen) atoms. The number of hydrogen-bond acceptors (Lipinski definition) is 3. The van der Waals surface area contributed by atoms with E-state index >= 15 is 0 Å². The van der Waals surface area contributed by atoms with Gasteiger partial charge in [0.2, 0.25) is 5.91 Å². The first-order chi connectivity index (χ1) is 9.49. The van der Waals surface area contributed by atoms with E-state index in [1.807, 2.05) is 42.6 Å². The van der Waals surface area contributed by atoms with Gasteiger partial charge in [-0.25, -0.2) is 0 Å². The van der Waals surface area contributed by atoms with Crippen molar-refractivity contribution in [3.8, 4) is 11.1 Å². The molecule has 104 valence electrons. The minimum Gasteiger partial charge on any atom is -0.368 e. The Hall–Kier alpha value is -2.14. The summed E-state index contributed by atoms with van der Waals surface area (Å²) in [5.74, 6) is -0.705. The molecule has 5 heteroatoms. The van der Waals surface area contributed by atoms with E-state index in [-0.39, 0.29) is 12.5 Å². The van der Waals surface area contributed by atoms with Gasteiger partial charge >= 0.3 is 0 Å². The van der Waals surface area contributed by atoms with Crippen LogP contribution in [0.25, 0.3) is 11.1 Å². The first-order valence-corrected chi connectivity index (χ1v) is 7.05. The van der Waals surface area contributed by atoms with E-state index in [4.69, 9.17) is 5.73 Å². The molecule has 1 aromatic carbocycles. The number of amides is 2. The Labute approximate surface area is 121 Å². The summed E-state index contributed by atoms with van der Waals surface area (Å²) in [4.78, 5) is 25.2. The third-order valence-electron chi connectivity index (χ3n) is 2.96. The molecule has 0 bridgehead atoms. The third kappa shape index (κ3) is 3.05. The zero-order valence-corrected chi connectivity index (χ0v) is 12.2. The van der Waals surface area contributed by atoms with Crippen LogP contribution >= 0.6 is 11.3 Å². The predicted octanol–water partition coefficient (Wildman–Crippen LogP) is 2.28. The molecule has 0 aliphatic rings. The molecule has 2 N–H and O–H groups in total. The second kappa shape index (κ2) is 5.88. The van der Waals surface area contributed by atoms with Gasteiger partial charge in [-0.2, -0.15) is 0 Å². The Morgan fingerprint density at radius 1 is 1.20 bits per heavy atom. The summed E-state index contributed by atoms with van der Waals surface area (Å²) in [6.45, 7) is 1.94. The largest absolute Gasteiger partial charge is 0.368 e. The van der Waals surface area contributed by atoms with Gasteiger partial charge in [0, 0.05) is 12.6 Å². The maximum Gasteiger partial charge on any atom is 0.264 e. The summed E-state index contributed by atoms with van der Waals surface area (Å²) in [6.07, 6.45) is 0. The molecule has 0 saturated carbocycles. The molecule has 4 nitrogen and oxygen atoms in total. The minimum absolute atomic E-state index is 0.0793. The van der Waals surface area contributed by atoms with Gasteiger partial charge in [0.1, 0.15) is 0 Å². The number of benzene rings is 1. The molecule has 1 aromatic heterocycles. The summed E-state index contributed by atoms with van der Waals surface area (Å²) >= 11 is 1.37. The van der Waals surface area contributed by atoms with Crippen LogP contribution in [0.15, 0.2) is 35.7 Å². The molecular formula is C15H16N2O2S. The summed E-state index contributed by atoms with van der Waals surface area (Å²) in [5.41, 5.74) is 8.17. The highest BCUT2D eigenvalue weighted by atomic mass is 32.1. The van der Waals surface area contributed by atoms with Gasteiger partial charge in [-0.3, -0.25) is 9.59 Å². The normalized spacial score (nSPS) is 10.3. The predicted molar refractivity (Wildman–Crippen MR) is 80.6 cm³/mol. The van der Waals surface area contributed by atoms with E-state index < -0.39 is 5.91 Å². The van der Waals surface area contributed by atoms with Crippen molar-refractivity contribution in [2.75, 3.05) is 13.6 Å². The fourth-order valence-electron chi connectivity index (χ4n) is 1.91. The summed E-state index contributed by atoms with van der Waals surface area (Å²) in [6, 6.07) is 9.91. The number of nitrogens with two attached hydrogens (primary N) is 1. The average Bonchev–Trinajstić information content (AvgIpc) is 2.87. The number of primary amides is 1. The van der Waals surface area contributed by atoms with E-state index in [2.05, 4.69) is 0 Å². The van der Waals surface area contributed by atoms with Crippen molar-refractivity contribution < 1.29 is 9.59 Å². The van der Waals surface area contributed by atoms with Crippen LogP contribution in [0.2, 0.25) is 0 Å². The van der Waals surface area contributed by atoms with Gasteiger partial charge in [0.25, 0.3) is 5.91 Å². The molecule has 0 spiro atoms. The minimum atomic E-state index is -0.519. The lowest BCUT2D eigenvalue weighted by Crippen LogP contribution is -2.35. The summed E-state index contributed by atoms with van der Waals surface area (Å²) < 4.78 is 0. The van der Waals surface area contributed by atoms with Crippen LogP contribution < -0.4 is 5.73 Å². The van der Waals surface area contributed by atoms with Crippen LogP contribution in [0.3, 0.4) is 0 Å². The lowest BCUT2D eigenvalue weighted by molar-refractivity contribution is -0.118. The molecule has 2 aromatic rings. The second-order valence-electron chi connectivity index (χ2n) is 4.66. The Morgan fingerprint density at radius 3 is 2.45 bits per heavy atom. The zero-order chi connectivity index (χ0) is 14.7. The van der Waals surface area contributed by atoms with Crippen LogP contribution in [-0.4, -0.2) is 30.3 Å². The Kier molecular flexibility index (Phi) is 4.20. The fraction of sp³-hybridized carbons (Fsp3) is 0.200. The highest BCUT2D eigenvalue weighted by Crippen LogP contribution is 2.29. The van der Waals surface area contributed by atoms with Crippen LogP contribution in [0.4, 0.5) is 0 Å². The van der Waals surface area contributed by atoms with Gasteiger partial charge in [-0.05, 0) is 23.9 Å². The van der Waals surface area contributed by atoms with Crippen LogP contribution in [0.5, 0.6) is 0 Å². The van der Waals surface area contributed by atoms with Gasteiger partial charge in [0.05, 0.1) is 11.4 Å². The smallest absolute Gasteiger partial charge is 0.264 e. The third-order valence-corrected chi connectivity index (χ3v) is 3.86. The number of thiophene rings is 1. The van der Waals surface area contributed by atoms with Gasteiger partial charge in [-0.15, -0.1) is 11.3 Å². The van der Waals surface area contributed by atoms with Crippen molar-refractivity contribution >= 4 is 23.2 Å². The van der Waals surface area contributed by atoms with Crippen LogP contribution in [0.1, 0.15) is 15.2 Å². The van der Waals surface area contributed by atoms with E-state index in [1.54, 1.807) is 7.05 Å². The lowest BCUT2D eigenvalue weighted by atomic mass is 10.0. The summed E-state index contributed by atoms with van der Waals surface area (Å²) in [7, 11) is 1.58. The number of hydrogen-bond donors (Lipinski definition) is 1. The molecule has 0 radical (unpaired) electrons. The van der Waals surface area contributed by atoms with Gasteiger partial charge in [-0.1, -0.05) is 29.8 Å². The zero-order valence-electron chi connectivity index (χ0n) is 11.4. The first kappa shape index (κ1) is 14.3. The van der Waals surface area contributed by atoms with Crippen molar-refractivity contribution in [1.29, 1.82) is 0 Å². The Balaban J connectivity index is 2.31. The number of aryl methyl sites for hydroxylation is 1. The average molecular weight is 288 g/mol. The highest BCUT2D eigenvalue weighted by Gasteiger charge is 2.19. The van der Waals surface area contributed by atoms with Crippen molar-refractivity contribution in [3.05, 3.63) is 46.2 Å². The van der Waals surface area contributed by atoms with Gasteiger partial charge in [0.15, 0.2) is 0 Å². The van der Waals surface area contributed by atoms with Crippen LogP contribution in [-0.2, 0) is 4.79 Å². The topological polar surface area (TPSA) is 63.4 Å². The second-order valence-corrected chi connectivity index (χ2v) is 5.57. The molecule has 0 fully saturated rings. The maximum atomic E-state index is 12.3. The number of rotatable bonds is 4. The maximum absolute atomic E-state index is 12.3. The van der Waals surface area contributed by atoms with E-state index in [0.717, 1.165) is 11.1 Å². The molecule has 2 amide bonds. The molecular weight excluding hydrogens is 272 g/mol. The fourth-order valence-corrected chi connectivity index (χ4v) is 2.82. The molecule has 0 saturated heterocycles. The van der Waals surface area contributed by atoms with Crippen LogP contribution in [0, 0.1) is 6.92 Å². The highest BCUT2D eigenvalue weighted by molar-refractivity contribution is 7.12. The molecule has 0 aliphatic heterocycles. The number of carbonyl (C=O) groups excluding carboxylic acids is 2. The Morgan fingerprint density at radius 2 is 1.85 bits per heavy atom. The van der Waals surface area contributed by atoms with Crippen molar-refractivity contribution in [3.63, 3.8) is 0 Å². The van der Waals surface area contributed by atoms with E-state index in [9.17, 15) is 9.59 Å². The van der Waals surface area contributed by atoms with E-state index in [1.165, 1.54) is 21.8 Å². The standard InChI is InChI=1S/C15H16N2O2S/c1-10-3-5-11(6-4-10)12-7-8-20-14(12)15(19)17(2)9-13(16)18/h3-8H,9H2,1-2H3,(H2,16,18). The quantitative estimate of drug-likeness (QED) is 0.938. The SMILES string of the molecule is Cc1ccc(-c2ccsc2C(=O)N(C)CC(N)=O)cc1. The number of nitrogens with zero attached hydrogens (tertiary/aromatic N) is 1. The molecule has 0 aliphatic carbocycles. The van der Waals surface area contributed by atoms with Crippen molar-refractivity contribution in [2.45, 2.75) is 6.92 Å². The first-order valence-electron chi connectivity index (χ1n) is 6.17.